The number of hydrogen-bond acceptors (Lipinski definition) is 4. The lowest BCUT2D eigenvalue weighted by atomic mass is 10.1. The van der Waals surface area contributed by atoms with Crippen LogP contribution in [0.5, 0.6) is 5.75 Å². The van der Waals surface area contributed by atoms with E-state index in [9.17, 15) is 9.59 Å². The van der Waals surface area contributed by atoms with Gasteiger partial charge in [-0.2, -0.15) is 0 Å². The second-order valence-electron chi connectivity index (χ2n) is 4.39. The molecule has 2 rings (SSSR count). The number of benzene rings is 1. The largest absolute Gasteiger partial charge is 0.493 e. The van der Waals surface area contributed by atoms with E-state index in [4.69, 9.17) is 4.74 Å². The van der Waals surface area contributed by atoms with Gasteiger partial charge in [-0.25, -0.2) is 0 Å². The summed E-state index contributed by atoms with van der Waals surface area (Å²) in [6.45, 7) is 1.19. The van der Waals surface area contributed by atoms with Crippen LogP contribution in [0.1, 0.15) is 24.0 Å². The number of methoxy groups -OCH3 is 1. The molecule has 0 atom stereocenters. The van der Waals surface area contributed by atoms with Crippen LogP contribution in [0, 0.1) is 0 Å². The zero-order valence-corrected chi connectivity index (χ0v) is 10.9. The topological polar surface area (TPSA) is 64.6 Å². The van der Waals surface area contributed by atoms with Crippen LogP contribution in [-0.4, -0.2) is 25.6 Å². The zero-order chi connectivity index (χ0) is 13.7. The molecule has 1 aromatic carbocycles. The van der Waals surface area contributed by atoms with Crippen molar-refractivity contribution in [1.29, 1.82) is 0 Å². The zero-order valence-electron chi connectivity index (χ0n) is 10.9. The standard InChI is InChI=1S/C14H17NO4/c1-18-14(17)5-4-13(16)15-9-10-2-3-12-11(8-10)6-7-19-12/h2-3,8H,4-7,9H2,1H3,(H,15,16). The molecule has 1 N–H and O–H groups in total. The fraction of sp³-hybridized carbons (Fsp3) is 0.429. The van der Waals surface area contributed by atoms with Crippen LogP contribution in [0.3, 0.4) is 0 Å². The van der Waals surface area contributed by atoms with Crippen molar-refractivity contribution in [3.8, 4) is 5.75 Å². The Kier molecular flexibility index (Phi) is 4.39. The molecule has 1 heterocycles. The summed E-state index contributed by atoms with van der Waals surface area (Å²) >= 11 is 0. The summed E-state index contributed by atoms with van der Waals surface area (Å²) in [4.78, 5) is 22.4. The van der Waals surface area contributed by atoms with Crippen LogP contribution in [0.2, 0.25) is 0 Å². The van der Waals surface area contributed by atoms with Crippen molar-refractivity contribution in [2.24, 2.45) is 0 Å². The van der Waals surface area contributed by atoms with E-state index in [2.05, 4.69) is 10.1 Å². The molecule has 0 unspecified atom stereocenters. The molecule has 1 aromatic rings. The fourth-order valence-electron chi connectivity index (χ4n) is 1.96. The molecular weight excluding hydrogens is 246 g/mol. The molecule has 1 aliphatic heterocycles. The first kappa shape index (κ1) is 13.4. The monoisotopic (exact) mass is 263 g/mol. The average molecular weight is 263 g/mol. The van der Waals surface area contributed by atoms with Crippen molar-refractivity contribution in [1.82, 2.24) is 5.32 Å². The molecule has 0 aliphatic carbocycles. The second-order valence-corrected chi connectivity index (χ2v) is 4.39. The number of carbonyl (C=O) groups is 2. The van der Waals surface area contributed by atoms with Crippen molar-refractivity contribution in [3.63, 3.8) is 0 Å². The molecule has 0 aromatic heterocycles. The molecule has 0 fully saturated rings. The minimum absolute atomic E-state index is 0.111. The van der Waals surface area contributed by atoms with E-state index < -0.39 is 0 Å². The summed E-state index contributed by atoms with van der Waals surface area (Å²) in [6, 6.07) is 5.91. The highest BCUT2D eigenvalue weighted by atomic mass is 16.5. The predicted molar refractivity (Wildman–Crippen MR) is 68.7 cm³/mol. The van der Waals surface area contributed by atoms with Gasteiger partial charge in [0.1, 0.15) is 5.75 Å². The van der Waals surface area contributed by atoms with Gasteiger partial charge in [0, 0.05) is 19.4 Å². The summed E-state index contributed by atoms with van der Waals surface area (Å²) in [7, 11) is 1.31. The second kappa shape index (κ2) is 6.22. The minimum atomic E-state index is -0.371. The van der Waals surface area contributed by atoms with Crippen molar-refractivity contribution >= 4 is 11.9 Å². The normalized spacial score (nSPS) is 12.5. The number of esters is 1. The minimum Gasteiger partial charge on any atom is -0.493 e. The Morgan fingerprint density at radius 3 is 3.00 bits per heavy atom. The van der Waals surface area contributed by atoms with E-state index >= 15 is 0 Å². The maximum Gasteiger partial charge on any atom is 0.306 e. The van der Waals surface area contributed by atoms with Crippen LogP contribution < -0.4 is 10.1 Å². The molecule has 5 heteroatoms. The first-order chi connectivity index (χ1) is 9.19. The Morgan fingerprint density at radius 2 is 2.21 bits per heavy atom. The van der Waals surface area contributed by atoms with Crippen LogP contribution in [0.4, 0.5) is 0 Å². The van der Waals surface area contributed by atoms with Gasteiger partial charge in [-0.1, -0.05) is 12.1 Å². The molecule has 0 bridgehead atoms. The van der Waals surface area contributed by atoms with E-state index in [1.165, 1.54) is 12.7 Å². The lowest BCUT2D eigenvalue weighted by molar-refractivity contribution is -0.142. The van der Waals surface area contributed by atoms with Crippen LogP contribution in [-0.2, 0) is 27.3 Å². The number of carbonyl (C=O) groups excluding carboxylic acids is 2. The number of ether oxygens (including phenoxy) is 2. The van der Waals surface area contributed by atoms with Gasteiger partial charge in [0.15, 0.2) is 0 Å². The van der Waals surface area contributed by atoms with Gasteiger partial charge in [0.25, 0.3) is 0 Å². The van der Waals surface area contributed by atoms with Crippen LogP contribution >= 0.6 is 0 Å². The fourth-order valence-corrected chi connectivity index (χ4v) is 1.96. The lowest BCUT2D eigenvalue weighted by Crippen LogP contribution is -2.23. The highest BCUT2D eigenvalue weighted by Gasteiger charge is 2.12. The van der Waals surface area contributed by atoms with Crippen molar-refractivity contribution in [2.75, 3.05) is 13.7 Å². The molecule has 102 valence electrons. The quantitative estimate of drug-likeness (QED) is 0.810. The maximum atomic E-state index is 11.5. The number of fused-ring (bicyclic) bond motifs is 1. The summed E-state index contributed by atoms with van der Waals surface area (Å²) in [5, 5.41) is 2.78. The predicted octanol–water partition coefficient (Wildman–Crippen LogP) is 1.19. The Balaban J connectivity index is 1.79. The van der Waals surface area contributed by atoms with Gasteiger partial charge in [0.2, 0.25) is 5.91 Å². The maximum absolute atomic E-state index is 11.5. The third kappa shape index (κ3) is 3.71. The lowest BCUT2D eigenvalue weighted by Gasteiger charge is -2.06. The highest BCUT2D eigenvalue weighted by Crippen LogP contribution is 2.25. The molecule has 1 aliphatic rings. The molecule has 0 saturated carbocycles. The Bertz CT molecular complexity index is 484. The molecule has 1 amide bonds. The molecule has 0 radical (unpaired) electrons. The first-order valence-electron chi connectivity index (χ1n) is 6.27. The van der Waals surface area contributed by atoms with Crippen LogP contribution in [0.15, 0.2) is 18.2 Å². The number of rotatable bonds is 5. The van der Waals surface area contributed by atoms with Gasteiger partial charge < -0.3 is 14.8 Å². The molecule has 0 saturated heterocycles. The van der Waals surface area contributed by atoms with E-state index in [0.717, 1.165) is 24.3 Å². The van der Waals surface area contributed by atoms with E-state index in [1.807, 2.05) is 18.2 Å². The van der Waals surface area contributed by atoms with E-state index in [-0.39, 0.29) is 24.7 Å². The number of hydrogen-bond donors (Lipinski definition) is 1. The van der Waals surface area contributed by atoms with Crippen LogP contribution in [0.25, 0.3) is 0 Å². The van der Waals surface area contributed by atoms with Crippen molar-refractivity contribution in [3.05, 3.63) is 29.3 Å². The third-order valence-electron chi connectivity index (χ3n) is 3.03. The summed E-state index contributed by atoms with van der Waals surface area (Å²) in [5.74, 6) is 0.410. The van der Waals surface area contributed by atoms with Gasteiger partial charge in [-0.05, 0) is 17.2 Å². The number of amides is 1. The third-order valence-corrected chi connectivity index (χ3v) is 3.03. The number of nitrogens with one attached hydrogen (secondary N) is 1. The van der Waals surface area contributed by atoms with E-state index in [0.29, 0.717) is 6.54 Å². The Hall–Kier alpha value is -2.04. The summed E-state index contributed by atoms with van der Waals surface area (Å²) in [6.07, 6.45) is 1.18. The molecule has 19 heavy (non-hydrogen) atoms. The molecular formula is C14H17NO4. The Labute approximate surface area is 111 Å². The smallest absolute Gasteiger partial charge is 0.306 e. The van der Waals surface area contributed by atoms with Gasteiger partial charge in [0.05, 0.1) is 20.1 Å². The summed E-state index contributed by atoms with van der Waals surface area (Å²) in [5.41, 5.74) is 2.22. The van der Waals surface area contributed by atoms with Crippen molar-refractivity contribution < 1.29 is 19.1 Å². The van der Waals surface area contributed by atoms with Gasteiger partial charge in [-0.15, -0.1) is 0 Å². The highest BCUT2D eigenvalue weighted by molar-refractivity contribution is 5.81. The van der Waals surface area contributed by atoms with Gasteiger partial charge >= 0.3 is 5.97 Å². The average Bonchev–Trinajstić information content (AvgIpc) is 2.89. The summed E-state index contributed by atoms with van der Waals surface area (Å²) < 4.78 is 9.90. The molecule has 5 nitrogen and oxygen atoms in total. The molecule has 0 spiro atoms. The van der Waals surface area contributed by atoms with Crippen molar-refractivity contribution in [2.45, 2.75) is 25.8 Å². The van der Waals surface area contributed by atoms with E-state index in [1.54, 1.807) is 0 Å². The Morgan fingerprint density at radius 1 is 1.37 bits per heavy atom. The first-order valence-corrected chi connectivity index (χ1v) is 6.27. The van der Waals surface area contributed by atoms with Gasteiger partial charge in [-0.3, -0.25) is 9.59 Å². The SMILES string of the molecule is COC(=O)CCC(=O)NCc1ccc2c(c1)CCO2.